The highest BCUT2D eigenvalue weighted by molar-refractivity contribution is 5.87. The van der Waals surface area contributed by atoms with Gasteiger partial charge in [-0.05, 0) is 43.9 Å². The normalized spacial score (nSPS) is 17.3. The van der Waals surface area contributed by atoms with Gasteiger partial charge >= 0.3 is 0 Å². The lowest BCUT2D eigenvalue weighted by atomic mass is 9.85. The van der Waals surface area contributed by atoms with Gasteiger partial charge in [-0.25, -0.2) is 14.4 Å². The third-order valence-corrected chi connectivity index (χ3v) is 7.59. The van der Waals surface area contributed by atoms with Crippen LogP contribution < -0.4 is 14.2 Å². The number of amides is 1. The van der Waals surface area contributed by atoms with Gasteiger partial charge in [0.15, 0.2) is 23.1 Å². The van der Waals surface area contributed by atoms with Crippen molar-refractivity contribution in [1.82, 2.24) is 14.9 Å². The average Bonchev–Trinajstić information content (AvgIpc) is 3.52. The minimum atomic E-state index is -0.405. The molecule has 2 aliphatic heterocycles. The molecule has 198 valence electrons. The fourth-order valence-electron chi connectivity index (χ4n) is 5.44. The summed E-state index contributed by atoms with van der Waals surface area (Å²) in [5.74, 6) is 1.06. The Kier molecular flexibility index (Phi) is 6.39. The van der Waals surface area contributed by atoms with E-state index in [0.717, 1.165) is 50.3 Å². The highest BCUT2D eigenvalue weighted by Crippen LogP contribution is 2.39. The molecule has 0 N–H and O–H groups in total. The van der Waals surface area contributed by atoms with E-state index in [-0.39, 0.29) is 23.0 Å². The number of nitrogens with zero attached hydrogens (tertiary/aromatic N) is 3. The standard InChI is InChI=1S/C29H30FN3O5/c1-18-10-19-5-6-23(27(30)20(19)11-18)38-28-21-12-24(35-2)25(13-22(21)31-17-32-28)37-9-3-4-26(34)33-8-7-29(14-33)15-36-16-29/h5-6,11-13,17H,3-4,7-10,14-16H2,1-2H3. The predicted octanol–water partition coefficient (Wildman–Crippen LogP) is 4.94. The summed E-state index contributed by atoms with van der Waals surface area (Å²) < 4.78 is 37.9. The van der Waals surface area contributed by atoms with Crippen molar-refractivity contribution in [2.75, 3.05) is 40.0 Å². The average molecular weight is 520 g/mol. The second-order valence-electron chi connectivity index (χ2n) is 10.4. The van der Waals surface area contributed by atoms with Gasteiger partial charge in [-0.3, -0.25) is 4.79 Å². The van der Waals surface area contributed by atoms with Crippen molar-refractivity contribution in [3.05, 3.63) is 53.1 Å². The van der Waals surface area contributed by atoms with Crippen molar-refractivity contribution in [3.8, 4) is 23.1 Å². The third-order valence-electron chi connectivity index (χ3n) is 7.59. The maximum absolute atomic E-state index is 15.1. The van der Waals surface area contributed by atoms with Crippen LogP contribution in [0.1, 0.15) is 37.3 Å². The first kappa shape index (κ1) is 24.6. The molecule has 1 amide bonds. The Bertz CT molecular complexity index is 1440. The number of likely N-dealkylation sites (tertiary alicyclic amines) is 1. The van der Waals surface area contributed by atoms with E-state index in [1.54, 1.807) is 25.3 Å². The van der Waals surface area contributed by atoms with E-state index < -0.39 is 5.82 Å². The number of benzene rings is 2. The van der Waals surface area contributed by atoms with Crippen LogP contribution in [0.15, 0.2) is 36.2 Å². The summed E-state index contributed by atoms with van der Waals surface area (Å²) in [6, 6.07) is 6.98. The molecule has 38 heavy (non-hydrogen) atoms. The van der Waals surface area contributed by atoms with E-state index >= 15 is 4.39 Å². The summed E-state index contributed by atoms with van der Waals surface area (Å²) in [5, 5.41) is 0.571. The first-order valence-electron chi connectivity index (χ1n) is 12.9. The quantitative estimate of drug-likeness (QED) is 0.390. The second kappa shape index (κ2) is 9.87. The lowest BCUT2D eigenvalue weighted by molar-refractivity contribution is -0.135. The van der Waals surface area contributed by atoms with E-state index in [4.69, 9.17) is 18.9 Å². The number of ether oxygens (including phenoxy) is 4. The summed E-state index contributed by atoms with van der Waals surface area (Å²) in [4.78, 5) is 23.2. The molecule has 0 atom stereocenters. The SMILES string of the molecule is COc1cc2c(Oc3ccc4c(c3F)C=C(C)C4)ncnc2cc1OCCCC(=O)N1CCC2(COC2)C1. The third kappa shape index (κ3) is 4.55. The highest BCUT2D eigenvalue weighted by atomic mass is 19.1. The molecular weight excluding hydrogens is 489 g/mol. The molecule has 3 heterocycles. The van der Waals surface area contributed by atoms with Gasteiger partial charge in [0.2, 0.25) is 11.8 Å². The minimum Gasteiger partial charge on any atom is -0.493 e. The molecule has 3 aromatic rings. The second-order valence-corrected chi connectivity index (χ2v) is 10.4. The molecule has 2 fully saturated rings. The number of carbonyl (C=O) groups excluding carboxylic acids is 1. The van der Waals surface area contributed by atoms with Gasteiger partial charge in [0.25, 0.3) is 0 Å². The van der Waals surface area contributed by atoms with Gasteiger partial charge < -0.3 is 23.8 Å². The van der Waals surface area contributed by atoms with Gasteiger partial charge in [0.05, 0.1) is 37.8 Å². The number of carbonyl (C=O) groups is 1. The molecule has 9 heteroatoms. The maximum atomic E-state index is 15.1. The highest BCUT2D eigenvalue weighted by Gasteiger charge is 2.45. The van der Waals surface area contributed by atoms with Crippen LogP contribution in [-0.2, 0) is 16.0 Å². The van der Waals surface area contributed by atoms with E-state index in [1.165, 1.54) is 6.33 Å². The Morgan fingerprint density at radius 3 is 2.82 bits per heavy atom. The van der Waals surface area contributed by atoms with Crippen molar-refractivity contribution >= 4 is 22.9 Å². The number of fused-ring (bicyclic) bond motifs is 2. The number of methoxy groups -OCH3 is 1. The molecule has 0 unspecified atom stereocenters. The van der Waals surface area contributed by atoms with Crippen LogP contribution >= 0.6 is 0 Å². The smallest absolute Gasteiger partial charge is 0.230 e. The zero-order chi connectivity index (χ0) is 26.3. The molecule has 0 bridgehead atoms. The zero-order valence-electron chi connectivity index (χ0n) is 21.6. The minimum absolute atomic E-state index is 0.104. The summed E-state index contributed by atoms with van der Waals surface area (Å²) >= 11 is 0. The Labute approximate surface area is 220 Å². The van der Waals surface area contributed by atoms with Gasteiger partial charge in [-0.1, -0.05) is 17.7 Å². The lowest BCUT2D eigenvalue weighted by Gasteiger charge is -2.37. The summed E-state index contributed by atoms with van der Waals surface area (Å²) in [7, 11) is 1.55. The molecule has 1 aromatic heterocycles. The van der Waals surface area contributed by atoms with Crippen LogP contribution in [0.3, 0.4) is 0 Å². The number of hydrogen-bond acceptors (Lipinski definition) is 7. The zero-order valence-corrected chi connectivity index (χ0v) is 21.6. The molecule has 0 radical (unpaired) electrons. The van der Waals surface area contributed by atoms with Gasteiger partial charge in [-0.15, -0.1) is 0 Å². The molecular formula is C29H30FN3O5. The van der Waals surface area contributed by atoms with E-state index in [2.05, 4.69) is 9.97 Å². The maximum Gasteiger partial charge on any atom is 0.230 e. The Balaban J connectivity index is 1.13. The van der Waals surface area contributed by atoms with Crippen molar-refractivity contribution in [2.45, 2.75) is 32.6 Å². The largest absolute Gasteiger partial charge is 0.493 e. The lowest BCUT2D eigenvalue weighted by Crippen LogP contribution is -2.45. The molecule has 2 aromatic carbocycles. The van der Waals surface area contributed by atoms with E-state index in [0.29, 0.717) is 47.4 Å². The van der Waals surface area contributed by atoms with Crippen LogP contribution in [0.4, 0.5) is 4.39 Å². The van der Waals surface area contributed by atoms with E-state index in [9.17, 15) is 4.79 Å². The summed E-state index contributed by atoms with van der Waals surface area (Å²) in [5.41, 5.74) is 3.38. The van der Waals surface area contributed by atoms with Crippen molar-refractivity contribution in [3.63, 3.8) is 0 Å². The number of allylic oxidation sites excluding steroid dienone is 1. The van der Waals surface area contributed by atoms with Gasteiger partial charge in [0.1, 0.15) is 6.33 Å². The fraction of sp³-hybridized carbons (Fsp3) is 0.414. The van der Waals surface area contributed by atoms with Gasteiger partial charge in [0, 0.05) is 36.6 Å². The number of halogens is 1. The number of aromatic nitrogens is 2. The molecule has 1 aliphatic carbocycles. The Morgan fingerprint density at radius 1 is 1.18 bits per heavy atom. The molecule has 1 spiro atoms. The number of hydrogen-bond donors (Lipinski definition) is 0. The summed E-state index contributed by atoms with van der Waals surface area (Å²) in [6.07, 6.45) is 5.99. The van der Waals surface area contributed by atoms with Crippen molar-refractivity contribution < 1.29 is 28.1 Å². The topological polar surface area (TPSA) is 83.0 Å². The monoisotopic (exact) mass is 519 g/mol. The molecule has 3 aliphatic rings. The van der Waals surface area contributed by atoms with Crippen LogP contribution in [0, 0.1) is 11.2 Å². The fourth-order valence-corrected chi connectivity index (χ4v) is 5.44. The first-order chi connectivity index (χ1) is 18.4. The van der Waals surface area contributed by atoms with Crippen molar-refractivity contribution in [2.24, 2.45) is 5.41 Å². The molecule has 2 saturated heterocycles. The van der Waals surface area contributed by atoms with E-state index in [1.807, 2.05) is 24.0 Å². The predicted molar refractivity (Wildman–Crippen MR) is 139 cm³/mol. The molecule has 6 rings (SSSR count). The first-order valence-corrected chi connectivity index (χ1v) is 12.9. The van der Waals surface area contributed by atoms with Crippen LogP contribution in [0.5, 0.6) is 23.1 Å². The van der Waals surface area contributed by atoms with Crippen LogP contribution in [-0.4, -0.2) is 60.8 Å². The van der Waals surface area contributed by atoms with Crippen LogP contribution in [0.2, 0.25) is 0 Å². The van der Waals surface area contributed by atoms with Crippen LogP contribution in [0.25, 0.3) is 17.0 Å². The Hall–Kier alpha value is -3.72. The van der Waals surface area contributed by atoms with Gasteiger partial charge in [-0.2, -0.15) is 0 Å². The molecule has 0 saturated carbocycles. The molecule has 8 nitrogen and oxygen atoms in total. The summed E-state index contributed by atoms with van der Waals surface area (Å²) in [6.45, 7) is 5.46. The number of rotatable bonds is 8. The van der Waals surface area contributed by atoms with Crippen molar-refractivity contribution in [1.29, 1.82) is 0 Å². The Morgan fingerprint density at radius 2 is 2.05 bits per heavy atom.